The number of hydrogen-bond donors (Lipinski definition) is 0. The lowest BCUT2D eigenvalue weighted by Crippen LogP contribution is -2.48. The van der Waals surface area contributed by atoms with Crippen molar-refractivity contribution in [1.29, 1.82) is 0 Å². The van der Waals surface area contributed by atoms with E-state index in [9.17, 15) is 4.79 Å². The number of carbonyl (C=O) groups is 1. The van der Waals surface area contributed by atoms with E-state index in [0.717, 1.165) is 17.7 Å². The summed E-state index contributed by atoms with van der Waals surface area (Å²) in [6, 6.07) is 0.272. The Kier molecular flexibility index (Phi) is 3.16. The molecule has 5 rings (SSSR count). The van der Waals surface area contributed by atoms with Crippen LogP contribution < -0.4 is 0 Å². The molecule has 21 heavy (non-hydrogen) atoms. The molecular formula is C17H25N3O. The second kappa shape index (κ2) is 4.92. The summed E-state index contributed by atoms with van der Waals surface area (Å²) in [5.41, 5.74) is 0. The molecule has 114 valence electrons. The molecule has 0 atom stereocenters. The van der Waals surface area contributed by atoms with Gasteiger partial charge in [0.1, 0.15) is 17.9 Å². The summed E-state index contributed by atoms with van der Waals surface area (Å²) < 4.78 is 1.90. The van der Waals surface area contributed by atoms with Gasteiger partial charge in [-0.05, 0) is 69.6 Å². The Labute approximate surface area is 126 Å². The average Bonchev–Trinajstić information content (AvgIpc) is 2.85. The molecule has 4 heteroatoms. The molecule has 1 heterocycles. The Balaban J connectivity index is 1.51. The number of carbonyl (C=O) groups excluding carboxylic acids is 1. The first-order chi connectivity index (χ1) is 10.1. The monoisotopic (exact) mass is 287 g/mol. The Morgan fingerprint density at radius 1 is 1.19 bits per heavy atom. The van der Waals surface area contributed by atoms with Gasteiger partial charge >= 0.3 is 0 Å². The second-order valence-electron chi connectivity index (χ2n) is 7.81. The van der Waals surface area contributed by atoms with E-state index in [1.54, 1.807) is 6.33 Å². The van der Waals surface area contributed by atoms with Gasteiger partial charge in [0.05, 0.1) is 6.42 Å². The minimum absolute atomic E-state index is 0.272. The number of ketones is 1. The Morgan fingerprint density at radius 3 is 2.38 bits per heavy atom. The first-order valence-corrected chi connectivity index (χ1v) is 8.53. The average molecular weight is 287 g/mol. The summed E-state index contributed by atoms with van der Waals surface area (Å²) in [6.45, 7) is 4.18. The van der Waals surface area contributed by atoms with E-state index in [-0.39, 0.29) is 6.04 Å². The van der Waals surface area contributed by atoms with Gasteiger partial charge in [-0.15, -0.1) is 0 Å². The number of aromatic nitrogens is 3. The molecule has 1 aromatic rings. The molecule has 1 aromatic heterocycles. The van der Waals surface area contributed by atoms with Crippen molar-refractivity contribution < 1.29 is 4.79 Å². The molecule has 0 N–H and O–H groups in total. The lowest BCUT2D eigenvalue weighted by atomic mass is 9.51. The van der Waals surface area contributed by atoms with Gasteiger partial charge in [0.15, 0.2) is 0 Å². The highest BCUT2D eigenvalue weighted by molar-refractivity contribution is 5.83. The number of hydrogen-bond acceptors (Lipinski definition) is 3. The standard InChI is InChI=1S/C17H25N3O/c1-10(2)20-16(18-9-19-20)8-15(21)17-13-4-11-3-12(6-13)7-14(17)5-11/h9-14,17H,3-8H2,1-2H3. The highest BCUT2D eigenvalue weighted by Crippen LogP contribution is 2.56. The lowest BCUT2D eigenvalue weighted by Gasteiger charge is -2.53. The minimum Gasteiger partial charge on any atom is -0.299 e. The van der Waals surface area contributed by atoms with Crippen LogP contribution in [0.5, 0.6) is 0 Å². The summed E-state index contributed by atoms with van der Waals surface area (Å²) in [7, 11) is 0. The van der Waals surface area contributed by atoms with Crippen molar-refractivity contribution in [2.75, 3.05) is 0 Å². The van der Waals surface area contributed by atoms with Crippen LogP contribution in [0.3, 0.4) is 0 Å². The van der Waals surface area contributed by atoms with Gasteiger partial charge in [-0.3, -0.25) is 4.79 Å². The number of Topliss-reactive ketones (excluding diaryl/α,β-unsaturated/α-hetero) is 1. The maximum Gasteiger partial charge on any atom is 0.144 e. The Morgan fingerprint density at radius 2 is 1.81 bits per heavy atom. The third-order valence-corrected chi connectivity index (χ3v) is 6.07. The van der Waals surface area contributed by atoms with Crippen LogP contribution in [-0.4, -0.2) is 20.5 Å². The SMILES string of the molecule is CC(C)n1ncnc1CC(=O)C1C2CC3CC(C2)CC1C3. The van der Waals surface area contributed by atoms with Crippen molar-refractivity contribution in [3.63, 3.8) is 0 Å². The van der Waals surface area contributed by atoms with Crippen LogP contribution in [0.2, 0.25) is 0 Å². The highest BCUT2D eigenvalue weighted by Gasteiger charge is 2.50. The minimum atomic E-state index is 0.272. The smallest absolute Gasteiger partial charge is 0.144 e. The summed E-state index contributed by atoms with van der Waals surface area (Å²) in [5, 5.41) is 4.26. The third kappa shape index (κ3) is 2.23. The molecule has 0 amide bonds. The van der Waals surface area contributed by atoms with Gasteiger partial charge < -0.3 is 0 Å². The zero-order valence-corrected chi connectivity index (χ0v) is 13.0. The maximum atomic E-state index is 12.9. The molecule has 4 aliphatic carbocycles. The molecule has 0 radical (unpaired) electrons. The number of rotatable bonds is 4. The highest BCUT2D eigenvalue weighted by atomic mass is 16.1. The molecule has 0 saturated heterocycles. The summed E-state index contributed by atoms with van der Waals surface area (Å²) in [6.07, 6.45) is 8.72. The molecule has 4 bridgehead atoms. The van der Waals surface area contributed by atoms with Crippen LogP contribution >= 0.6 is 0 Å². The van der Waals surface area contributed by atoms with Crippen molar-refractivity contribution in [1.82, 2.24) is 14.8 Å². The van der Waals surface area contributed by atoms with Crippen LogP contribution in [0, 0.1) is 29.6 Å². The van der Waals surface area contributed by atoms with E-state index in [1.165, 1.54) is 32.1 Å². The van der Waals surface area contributed by atoms with Gasteiger partial charge in [-0.1, -0.05) is 0 Å². The molecule has 4 aliphatic rings. The van der Waals surface area contributed by atoms with Crippen LogP contribution in [0.1, 0.15) is 57.8 Å². The fourth-order valence-electron chi connectivity index (χ4n) is 5.56. The van der Waals surface area contributed by atoms with E-state index in [1.807, 2.05) is 4.68 Å². The van der Waals surface area contributed by atoms with Crippen LogP contribution in [0.4, 0.5) is 0 Å². The van der Waals surface area contributed by atoms with Gasteiger partial charge in [-0.2, -0.15) is 5.10 Å². The Hall–Kier alpha value is -1.19. The second-order valence-corrected chi connectivity index (χ2v) is 7.81. The molecule has 0 unspecified atom stereocenters. The third-order valence-electron chi connectivity index (χ3n) is 6.07. The molecule has 4 saturated carbocycles. The fourth-order valence-corrected chi connectivity index (χ4v) is 5.56. The first-order valence-electron chi connectivity index (χ1n) is 8.53. The van der Waals surface area contributed by atoms with Crippen LogP contribution in [0.25, 0.3) is 0 Å². The van der Waals surface area contributed by atoms with Gasteiger partial charge in [0.25, 0.3) is 0 Å². The van der Waals surface area contributed by atoms with Gasteiger partial charge in [0.2, 0.25) is 0 Å². The fraction of sp³-hybridized carbons (Fsp3) is 0.824. The molecule has 0 aromatic carbocycles. The van der Waals surface area contributed by atoms with Crippen molar-refractivity contribution in [3.8, 4) is 0 Å². The molecule has 0 spiro atoms. The lowest BCUT2D eigenvalue weighted by molar-refractivity contribution is -0.135. The van der Waals surface area contributed by atoms with E-state index in [2.05, 4.69) is 23.9 Å². The molecule has 4 fully saturated rings. The van der Waals surface area contributed by atoms with Crippen LogP contribution in [-0.2, 0) is 11.2 Å². The number of nitrogens with zero attached hydrogens (tertiary/aromatic N) is 3. The van der Waals surface area contributed by atoms with Gasteiger partial charge in [0, 0.05) is 12.0 Å². The summed E-state index contributed by atoms with van der Waals surface area (Å²) >= 11 is 0. The zero-order valence-electron chi connectivity index (χ0n) is 13.0. The van der Waals surface area contributed by atoms with Crippen molar-refractivity contribution in [2.45, 2.75) is 58.4 Å². The molecule has 4 nitrogen and oxygen atoms in total. The first kappa shape index (κ1) is 13.5. The van der Waals surface area contributed by atoms with Crippen molar-refractivity contribution in [2.24, 2.45) is 29.6 Å². The maximum absolute atomic E-state index is 12.9. The van der Waals surface area contributed by atoms with E-state index in [0.29, 0.717) is 30.0 Å². The predicted octanol–water partition coefficient (Wildman–Crippen LogP) is 3.04. The quantitative estimate of drug-likeness (QED) is 0.855. The normalized spacial score (nSPS) is 37.4. The molecular weight excluding hydrogens is 262 g/mol. The van der Waals surface area contributed by atoms with Gasteiger partial charge in [-0.25, -0.2) is 9.67 Å². The summed E-state index contributed by atoms with van der Waals surface area (Å²) in [4.78, 5) is 17.2. The predicted molar refractivity (Wildman–Crippen MR) is 79.7 cm³/mol. The van der Waals surface area contributed by atoms with Crippen LogP contribution in [0.15, 0.2) is 6.33 Å². The van der Waals surface area contributed by atoms with E-state index < -0.39 is 0 Å². The summed E-state index contributed by atoms with van der Waals surface area (Å²) in [5.74, 6) is 4.79. The van der Waals surface area contributed by atoms with E-state index in [4.69, 9.17) is 0 Å². The van der Waals surface area contributed by atoms with Crippen molar-refractivity contribution in [3.05, 3.63) is 12.2 Å². The molecule has 0 aliphatic heterocycles. The largest absolute Gasteiger partial charge is 0.299 e. The zero-order chi connectivity index (χ0) is 14.6. The van der Waals surface area contributed by atoms with E-state index >= 15 is 0 Å². The Bertz CT molecular complexity index is 520. The van der Waals surface area contributed by atoms with Crippen molar-refractivity contribution >= 4 is 5.78 Å². The topological polar surface area (TPSA) is 47.8 Å².